The van der Waals surface area contributed by atoms with Crippen LogP contribution >= 0.6 is 0 Å². The molecule has 13 nitrogen and oxygen atoms in total. The van der Waals surface area contributed by atoms with Crippen LogP contribution in [0.15, 0.2) is 66.7 Å². The summed E-state index contributed by atoms with van der Waals surface area (Å²) in [5, 5.41) is 22.8. The van der Waals surface area contributed by atoms with Crippen molar-refractivity contribution in [3.05, 3.63) is 89.0 Å². The molecule has 3 rings (SSSR count). The summed E-state index contributed by atoms with van der Waals surface area (Å²) in [5.41, 5.74) is 7.33. The number of aromatic carboxylic acids is 1. The van der Waals surface area contributed by atoms with E-state index in [1.807, 2.05) is 0 Å². The first-order valence-electron chi connectivity index (χ1n) is 12.8. The summed E-state index contributed by atoms with van der Waals surface area (Å²) in [7, 11) is -3.67. The predicted octanol–water partition coefficient (Wildman–Crippen LogP) is 3.17. The molecule has 228 valence electrons. The van der Waals surface area contributed by atoms with Gasteiger partial charge >= 0.3 is 11.9 Å². The van der Waals surface area contributed by atoms with Gasteiger partial charge < -0.3 is 26.2 Å². The van der Waals surface area contributed by atoms with Gasteiger partial charge in [0.25, 0.3) is 21.9 Å². The number of rotatable bonds is 11. The second-order valence-corrected chi connectivity index (χ2v) is 10.4. The SMILES string of the molecule is CCOC(=O)CCCNC(=O)c1ccc(-c2ccccc2C(=O)Nc2ccc(C(=N)N)cc2)c(C(=O)O)c1.CS(=O)(=O)O. The predicted molar refractivity (Wildman–Crippen MR) is 160 cm³/mol. The summed E-state index contributed by atoms with van der Waals surface area (Å²) in [4.78, 5) is 49.2. The number of benzene rings is 3. The molecule has 0 aromatic heterocycles. The van der Waals surface area contributed by atoms with E-state index in [9.17, 15) is 32.7 Å². The van der Waals surface area contributed by atoms with E-state index in [1.54, 1.807) is 55.5 Å². The van der Waals surface area contributed by atoms with E-state index in [2.05, 4.69) is 10.6 Å². The van der Waals surface area contributed by atoms with Gasteiger partial charge in [0.1, 0.15) is 5.84 Å². The summed E-state index contributed by atoms with van der Waals surface area (Å²) >= 11 is 0. The molecule has 0 heterocycles. The average Bonchev–Trinajstić information content (AvgIpc) is 2.94. The normalized spacial score (nSPS) is 10.5. The van der Waals surface area contributed by atoms with E-state index in [-0.39, 0.29) is 53.6 Å². The minimum Gasteiger partial charge on any atom is -0.478 e. The van der Waals surface area contributed by atoms with Crippen LogP contribution in [0.3, 0.4) is 0 Å². The molecule has 14 heteroatoms. The zero-order valence-corrected chi connectivity index (χ0v) is 24.2. The third-order valence-corrected chi connectivity index (χ3v) is 5.58. The monoisotopic (exact) mass is 612 g/mol. The van der Waals surface area contributed by atoms with Gasteiger partial charge in [-0.1, -0.05) is 24.3 Å². The lowest BCUT2D eigenvalue weighted by molar-refractivity contribution is -0.143. The number of carboxylic acid groups (broad SMARTS) is 1. The van der Waals surface area contributed by atoms with E-state index in [0.29, 0.717) is 29.5 Å². The van der Waals surface area contributed by atoms with Crippen LogP contribution in [-0.2, 0) is 19.6 Å². The molecule has 7 N–H and O–H groups in total. The number of hydrogen-bond donors (Lipinski definition) is 6. The molecule has 0 atom stereocenters. The molecule has 0 bridgehead atoms. The number of ether oxygens (including phenoxy) is 1. The van der Waals surface area contributed by atoms with Crippen LogP contribution in [0.1, 0.15) is 56.4 Å². The number of esters is 1. The fourth-order valence-corrected chi connectivity index (χ4v) is 3.71. The van der Waals surface area contributed by atoms with Gasteiger partial charge in [0, 0.05) is 35.3 Å². The average molecular weight is 613 g/mol. The summed E-state index contributed by atoms with van der Waals surface area (Å²) in [5.74, 6) is -2.65. The fraction of sp³-hybridized carbons (Fsp3) is 0.207. The highest BCUT2D eigenvalue weighted by Crippen LogP contribution is 2.29. The largest absolute Gasteiger partial charge is 0.478 e. The first-order chi connectivity index (χ1) is 20.2. The topological polar surface area (TPSA) is 226 Å². The van der Waals surface area contributed by atoms with Crippen LogP contribution in [0.2, 0.25) is 0 Å². The summed E-state index contributed by atoms with van der Waals surface area (Å²) < 4.78 is 30.7. The van der Waals surface area contributed by atoms with E-state index in [4.69, 9.17) is 20.4 Å². The highest BCUT2D eigenvalue weighted by atomic mass is 32.2. The Hall–Kier alpha value is -5.08. The summed E-state index contributed by atoms with van der Waals surface area (Å²) in [6.45, 7) is 2.22. The van der Waals surface area contributed by atoms with Crippen molar-refractivity contribution in [1.82, 2.24) is 5.32 Å². The van der Waals surface area contributed by atoms with Crippen molar-refractivity contribution < 1.29 is 42.0 Å². The molecule has 2 amide bonds. The Morgan fingerprint density at radius 1 is 0.907 bits per heavy atom. The van der Waals surface area contributed by atoms with E-state index in [1.165, 1.54) is 18.2 Å². The van der Waals surface area contributed by atoms with E-state index >= 15 is 0 Å². The number of carbonyl (C=O) groups is 4. The Morgan fingerprint density at radius 2 is 1.49 bits per heavy atom. The summed E-state index contributed by atoms with van der Waals surface area (Å²) in [6.07, 6.45) is 1.26. The number of amides is 2. The molecule has 0 saturated heterocycles. The molecule has 3 aromatic carbocycles. The minimum absolute atomic E-state index is 0.0942. The summed E-state index contributed by atoms with van der Waals surface area (Å²) in [6, 6.07) is 17.2. The highest BCUT2D eigenvalue weighted by Gasteiger charge is 2.20. The number of carboxylic acids is 1. The molecule has 0 saturated carbocycles. The smallest absolute Gasteiger partial charge is 0.336 e. The Morgan fingerprint density at radius 3 is 2.07 bits per heavy atom. The Balaban J connectivity index is 0.00000119. The molecule has 0 aliphatic heterocycles. The van der Waals surface area contributed by atoms with Crippen molar-refractivity contribution in [1.29, 1.82) is 5.41 Å². The maximum Gasteiger partial charge on any atom is 0.336 e. The molecule has 0 spiro atoms. The van der Waals surface area contributed by atoms with E-state index < -0.39 is 27.9 Å². The first kappa shape index (κ1) is 34.1. The highest BCUT2D eigenvalue weighted by molar-refractivity contribution is 7.85. The lowest BCUT2D eigenvalue weighted by Crippen LogP contribution is -2.25. The Kier molecular flexibility index (Phi) is 12.5. The number of nitrogens with two attached hydrogens (primary N) is 1. The van der Waals surface area contributed by atoms with Crippen molar-refractivity contribution in [2.24, 2.45) is 5.73 Å². The van der Waals surface area contributed by atoms with Crippen molar-refractivity contribution in [3.8, 4) is 11.1 Å². The van der Waals surface area contributed by atoms with Crippen LogP contribution in [0.5, 0.6) is 0 Å². The van der Waals surface area contributed by atoms with Gasteiger partial charge in [-0.15, -0.1) is 0 Å². The van der Waals surface area contributed by atoms with Crippen molar-refractivity contribution in [3.63, 3.8) is 0 Å². The molecule has 0 aliphatic rings. The number of anilines is 1. The van der Waals surface area contributed by atoms with Crippen molar-refractivity contribution >= 4 is 45.4 Å². The molecule has 0 aliphatic carbocycles. The van der Waals surface area contributed by atoms with Gasteiger partial charge in [0.2, 0.25) is 0 Å². The Bertz CT molecular complexity index is 1600. The quantitative estimate of drug-likeness (QED) is 0.0609. The van der Waals surface area contributed by atoms with Crippen LogP contribution in [0.25, 0.3) is 11.1 Å². The van der Waals surface area contributed by atoms with Crippen LogP contribution < -0.4 is 16.4 Å². The minimum atomic E-state index is -3.67. The maximum absolute atomic E-state index is 13.1. The standard InChI is InChI=1S/C28H28N4O6.CH4O3S/c1-2-38-24(33)8-5-15-31-26(34)18-11-14-21(23(16-18)28(36)37)20-6-3-4-7-22(20)27(35)32-19-12-9-17(10-13-19)25(29)30;1-5(2,3)4/h3-4,6-7,9-14,16H,2,5,8,15H2,1H3,(H3,29,30)(H,31,34)(H,32,35)(H,36,37);1H3,(H,2,3,4). The molecular weight excluding hydrogens is 580 g/mol. The van der Waals surface area contributed by atoms with Gasteiger partial charge in [-0.3, -0.25) is 24.3 Å². The number of amidine groups is 1. The molecular formula is C29H32N4O9S. The number of hydrogen-bond acceptors (Lipinski definition) is 8. The first-order valence-corrected chi connectivity index (χ1v) is 14.6. The van der Waals surface area contributed by atoms with Gasteiger partial charge in [0.15, 0.2) is 0 Å². The molecule has 0 fully saturated rings. The maximum atomic E-state index is 13.1. The molecule has 3 aromatic rings. The van der Waals surface area contributed by atoms with Crippen LogP contribution in [0, 0.1) is 5.41 Å². The third-order valence-electron chi connectivity index (χ3n) is 5.58. The van der Waals surface area contributed by atoms with Gasteiger partial charge in [0.05, 0.1) is 18.4 Å². The van der Waals surface area contributed by atoms with Gasteiger partial charge in [-0.2, -0.15) is 8.42 Å². The number of carbonyl (C=O) groups excluding carboxylic acids is 3. The van der Waals surface area contributed by atoms with Gasteiger partial charge in [-0.05, 0) is 66.9 Å². The van der Waals surface area contributed by atoms with Crippen LogP contribution in [-0.4, -0.2) is 67.1 Å². The fourth-order valence-electron chi connectivity index (χ4n) is 3.71. The zero-order valence-electron chi connectivity index (χ0n) is 23.4. The van der Waals surface area contributed by atoms with Gasteiger partial charge in [-0.25, -0.2) is 4.79 Å². The second-order valence-electron chi connectivity index (χ2n) is 8.95. The number of nitrogens with one attached hydrogen (secondary N) is 3. The molecule has 43 heavy (non-hydrogen) atoms. The lowest BCUT2D eigenvalue weighted by atomic mass is 9.93. The Labute approximate surface area is 248 Å². The van der Waals surface area contributed by atoms with Crippen molar-refractivity contribution in [2.45, 2.75) is 19.8 Å². The third kappa shape index (κ3) is 11.4. The van der Waals surface area contributed by atoms with Crippen LogP contribution in [0.4, 0.5) is 5.69 Å². The second kappa shape index (κ2) is 15.8. The molecule has 0 unspecified atom stereocenters. The zero-order chi connectivity index (χ0) is 32.2. The van der Waals surface area contributed by atoms with E-state index in [0.717, 1.165) is 0 Å². The lowest BCUT2D eigenvalue weighted by Gasteiger charge is -2.14. The number of nitrogen functional groups attached to an aromatic ring is 1. The molecule has 0 radical (unpaired) electrons. The van der Waals surface area contributed by atoms with Crippen molar-refractivity contribution in [2.75, 3.05) is 24.7 Å².